The number of hydrogen-bond acceptors (Lipinski definition) is 6. The fourth-order valence-corrected chi connectivity index (χ4v) is 4.82. The van der Waals surface area contributed by atoms with Crippen LogP contribution in [0.2, 0.25) is 0 Å². The van der Waals surface area contributed by atoms with Gasteiger partial charge in [0.2, 0.25) is 5.91 Å². The molecule has 0 aromatic carbocycles. The molecule has 150 valence electrons. The zero-order valence-corrected chi connectivity index (χ0v) is 17.0. The van der Waals surface area contributed by atoms with E-state index in [1.165, 1.54) is 11.3 Å². The second-order valence-corrected chi connectivity index (χ2v) is 8.08. The highest BCUT2D eigenvalue weighted by Crippen LogP contribution is 2.28. The molecule has 8 nitrogen and oxygen atoms in total. The molecule has 2 aromatic heterocycles. The summed E-state index contributed by atoms with van der Waals surface area (Å²) in [6.45, 7) is 3.39. The van der Waals surface area contributed by atoms with Crippen molar-refractivity contribution in [3.63, 3.8) is 0 Å². The molecule has 2 aliphatic heterocycles. The van der Waals surface area contributed by atoms with E-state index in [9.17, 15) is 9.59 Å². The van der Waals surface area contributed by atoms with Crippen molar-refractivity contribution in [1.29, 1.82) is 0 Å². The summed E-state index contributed by atoms with van der Waals surface area (Å²) in [5, 5.41) is 6.06. The fourth-order valence-electron chi connectivity index (χ4n) is 3.99. The van der Waals surface area contributed by atoms with Crippen molar-refractivity contribution in [2.24, 2.45) is 7.05 Å². The maximum atomic E-state index is 13.1. The number of aromatic nitrogens is 2. The Hall–Kier alpha value is -2.39. The van der Waals surface area contributed by atoms with Crippen LogP contribution in [0.25, 0.3) is 0 Å². The number of piperazine rings is 1. The van der Waals surface area contributed by atoms with Gasteiger partial charge in [-0.05, 0) is 24.3 Å². The highest BCUT2D eigenvalue weighted by atomic mass is 32.1. The second-order valence-electron chi connectivity index (χ2n) is 7.17. The van der Waals surface area contributed by atoms with Crippen molar-refractivity contribution in [2.45, 2.75) is 18.9 Å². The number of amides is 2. The minimum absolute atomic E-state index is 0.0125. The molecule has 2 aliphatic rings. The van der Waals surface area contributed by atoms with Gasteiger partial charge >= 0.3 is 0 Å². The smallest absolute Gasteiger partial charge is 0.267 e. The van der Waals surface area contributed by atoms with E-state index in [0.717, 1.165) is 25.1 Å². The Bertz CT molecular complexity index is 855. The van der Waals surface area contributed by atoms with Gasteiger partial charge in [-0.15, -0.1) is 11.3 Å². The van der Waals surface area contributed by atoms with Crippen LogP contribution in [0.4, 0.5) is 5.69 Å². The van der Waals surface area contributed by atoms with Gasteiger partial charge in [0.1, 0.15) is 10.6 Å². The highest BCUT2D eigenvalue weighted by molar-refractivity contribution is 7.12. The van der Waals surface area contributed by atoms with Crippen LogP contribution in [0.5, 0.6) is 5.75 Å². The molecular formula is C19H25N5O3S. The van der Waals surface area contributed by atoms with Gasteiger partial charge in [-0.2, -0.15) is 5.10 Å². The lowest BCUT2D eigenvalue weighted by Crippen LogP contribution is -2.58. The molecule has 2 fully saturated rings. The maximum Gasteiger partial charge on any atom is 0.267 e. The van der Waals surface area contributed by atoms with Crippen molar-refractivity contribution in [1.82, 2.24) is 19.6 Å². The van der Waals surface area contributed by atoms with Crippen LogP contribution < -0.4 is 9.64 Å². The van der Waals surface area contributed by atoms with Crippen molar-refractivity contribution in [3.05, 3.63) is 28.7 Å². The quantitative estimate of drug-likeness (QED) is 0.773. The van der Waals surface area contributed by atoms with Crippen molar-refractivity contribution in [3.8, 4) is 5.75 Å². The van der Waals surface area contributed by atoms with Crippen LogP contribution in [-0.4, -0.2) is 77.3 Å². The topological polar surface area (TPSA) is 70.9 Å². The minimum atomic E-state index is -0.123. The molecule has 2 aromatic rings. The monoisotopic (exact) mass is 403 g/mol. The molecule has 9 heteroatoms. The molecule has 4 heterocycles. The molecule has 0 aliphatic carbocycles. The standard InChI is InChI=1S/C19H25N5O3S/c1-21-13-14(12-20-21)24-6-3-4-15(18(24)25)22-7-9-23(10-8-22)19(26)17-16(27-2)5-11-28-17/h5,11-13,15H,3-4,6-10H2,1-2H3/t15-/m0/s1. The Morgan fingerprint density at radius 1 is 1.25 bits per heavy atom. The Kier molecular flexibility index (Phi) is 5.36. The summed E-state index contributed by atoms with van der Waals surface area (Å²) in [7, 11) is 3.44. The molecular weight excluding hydrogens is 378 g/mol. The van der Waals surface area contributed by atoms with Crippen LogP contribution in [0, 0.1) is 0 Å². The van der Waals surface area contributed by atoms with Gasteiger partial charge < -0.3 is 14.5 Å². The predicted octanol–water partition coefficient (Wildman–Crippen LogP) is 1.44. The lowest BCUT2D eigenvalue weighted by atomic mass is 10.0. The van der Waals surface area contributed by atoms with Crippen molar-refractivity contribution < 1.29 is 14.3 Å². The van der Waals surface area contributed by atoms with E-state index in [4.69, 9.17) is 4.74 Å². The van der Waals surface area contributed by atoms with Crippen LogP contribution in [0.1, 0.15) is 22.5 Å². The number of rotatable bonds is 4. The molecule has 0 spiro atoms. The van der Waals surface area contributed by atoms with Gasteiger partial charge in [0, 0.05) is 46.0 Å². The van der Waals surface area contributed by atoms with Crippen LogP contribution in [0.3, 0.4) is 0 Å². The summed E-state index contributed by atoms with van der Waals surface area (Å²) in [6.07, 6.45) is 5.45. The first kappa shape index (κ1) is 18.9. The number of anilines is 1. The number of piperidine rings is 1. The maximum absolute atomic E-state index is 13.1. The zero-order chi connectivity index (χ0) is 19.7. The molecule has 0 N–H and O–H groups in total. The van der Waals surface area contributed by atoms with Crippen LogP contribution in [0.15, 0.2) is 23.8 Å². The van der Waals surface area contributed by atoms with E-state index in [-0.39, 0.29) is 17.9 Å². The van der Waals surface area contributed by atoms with E-state index in [2.05, 4.69) is 10.00 Å². The first-order valence-electron chi connectivity index (χ1n) is 9.53. The SMILES string of the molecule is COc1ccsc1C(=O)N1CCN([C@H]2CCCN(c3cnn(C)c3)C2=O)CC1. The molecule has 2 saturated heterocycles. The third kappa shape index (κ3) is 3.51. The number of carbonyl (C=O) groups excluding carboxylic acids is 2. The summed E-state index contributed by atoms with van der Waals surface area (Å²) < 4.78 is 7.00. The van der Waals surface area contributed by atoms with Crippen molar-refractivity contribution in [2.75, 3.05) is 44.7 Å². The molecule has 2 amide bonds. The highest BCUT2D eigenvalue weighted by Gasteiger charge is 2.36. The average molecular weight is 404 g/mol. The Labute approximate surface area is 168 Å². The number of hydrogen-bond donors (Lipinski definition) is 0. The van der Waals surface area contributed by atoms with E-state index in [1.54, 1.807) is 18.0 Å². The zero-order valence-electron chi connectivity index (χ0n) is 16.2. The first-order valence-corrected chi connectivity index (χ1v) is 10.4. The van der Waals surface area contributed by atoms with Gasteiger partial charge in [-0.3, -0.25) is 19.2 Å². The van der Waals surface area contributed by atoms with Gasteiger partial charge in [0.15, 0.2) is 0 Å². The van der Waals surface area contributed by atoms with Crippen LogP contribution in [-0.2, 0) is 11.8 Å². The van der Waals surface area contributed by atoms with Crippen molar-refractivity contribution >= 4 is 28.8 Å². The van der Waals surface area contributed by atoms with Gasteiger partial charge in [0.05, 0.1) is 25.0 Å². The summed E-state index contributed by atoms with van der Waals surface area (Å²) in [5.41, 5.74) is 0.857. The lowest BCUT2D eigenvalue weighted by molar-refractivity contribution is -0.126. The summed E-state index contributed by atoms with van der Waals surface area (Å²) >= 11 is 1.41. The number of nitrogens with zero attached hydrogens (tertiary/aromatic N) is 5. The predicted molar refractivity (Wildman–Crippen MR) is 107 cm³/mol. The van der Waals surface area contributed by atoms with Gasteiger partial charge in [0.25, 0.3) is 5.91 Å². The molecule has 1 atom stereocenters. The van der Waals surface area contributed by atoms with E-state index < -0.39 is 0 Å². The van der Waals surface area contributed by atoms with E-state index in [1.807, 2.05) is 34.5 Å². The second kappa shape index (κ2) is 7.92. The third-order valence-corrected chi connectivity index (χ3v) is 6.38. The Balaban J connectivity index is 1.39. The third-order valence-electron chi connectivity index (χ3n) is 5.50. The molecule has 0 bridgehead atoms. The number of ether oxygens (including phenoxy) is 1. The Morgan fingerprint density at radius 3 is 2.71 bits per heavy atom. The van der Waals surface area contributed by atoms with Gasteiger partial charge in [-0.25, -0.2) is 0 Å². The molecule has 0 unspecified atom stereocenters. The molecule has 4 rings (SSSR count). The number of thiophene rings is 1. The fraction of sp³-hybridized carbons (Fsp3) is 0.526. The van der Waals surface area contributed by atoms with Crippen LogP contribution >= 0.6 is 11.3 Å². The number of methoxy groups -OCH3 is 1. The summed E-state index contributed by atoms with van der Waals surface area (Å²) in [6, 6.07) is 1.70. The average Bonchev–Trinajstić information content (AvgIpc) is 3.36. The largest absolute Gasteiger partial charge is 0.495 e. The molecule has 28 heavy (non-hydrogen) atoms. The van der Waals surface area contributed by atoms with E-state index >= 15 is 0 Å². The van der Waals surface area contributed by atoms with Gasteiger partial charge in [-0.1, -0.05) is 0 Å². The molecule has 0 radical (unpaired) electrons. The number of carbonyl (C=O) groups is 2. The lowest BCUT2D eigenvalue weighted by Gasteiger charge is -2.42. The molecule has 0 saturated carbocycles. The summed E-state index contributed by atoms with van der Waals surface area (Å²) in [4.78, 5) is 32.4. The van der Waals surface area contributed by atoms with E-state index in [0.29, 0.717) is 36.8 Å². The normalized spacial score (nSPS) is 21.2. The summed E-state index contributed by atoms with van der Waals surface area (Å²) in [5.74, 6) is 0.782. The minimum Gasteiger partial charge on any atom is -0.495 e. The number of aryl methyl sites for hydroxylation is 1. The Morgan fingerprint density at radius 2 is 2.04 bits per heavy atom. The first-order chi connectivity index (χ1) is 13.6.